The third-order valence-corrected chi connectivity index (χ3v) is 19.0. The average Bonchev–Trinajstić information content (AvgIpc) is 3.14. The van der Waals surface area contributed by atoms with Crippen molar-refractivity contribution in [1.82, 2.24) is 0 Å². The normalized spacial score (nSPS) is 14.8. The van der Waals surface area contributed by atoms with Gasteiger partial charge in [-0.1, -0.05) is 305 Å². The Hall–Kier alpha value is -1.94. The molecule has 4 unspecified atom stereocenters. The maximum absolute atomic E-state index is 13.0. The second-order valence-corrected chi connectivity index (χ2v) is 29.5. The number of esters is 4. The first-order chi connectivity index (χ1) is 43.3. The number of aliphatic hydroxyl groups excluding tert-OH is 1. The van der Waals surface area contributed by atoms with Crippen LogP contribution in [0.4, 0.5) is 0 Å². The van der Waals surface area contributed by atoms with Crippen LogP contribution in [0.5, 0.6) is 0 Å². The van der Waals surface area contributed by atoms with E-state index in [9.17, 15) is 43.2 Å². The summed E-state index contributed by atoms with van der Waals surface area (Å²) in [5.74, 6) is 0.0982. The van der Waals surface area contributed by atoms with Crippen molar-refractivity contribution in [3.05, 3.63) is 0 Å². The molecule has 0 fully saturated rings. The molecule has 0 aliphatic heterocycles. The molecule has 0 bridgehead atoms. The van der Waals surface area contributed by atoms with Crippen molar-refractivity contribution >= 4 is 39.5 Å². The Morgan fingerprint density at radius 2 is 0.567 bits per heavy atom. The van der Waals surface area contributed by atoms with E-state index in [2.05, 4.69) is 48.5 Å². The van der Waals surface area contributed by atoms with E-state index in [0.717, 1.165) is 108 Å². The highest BCUT2D eigenvalue weighted by Crippen LogP contribution is 2.45. The Morgan fingerprint density at radius 3 is 0.844 bits per heavy atom. The minimum absolute atomic E-state index is 0.104. The molecule has 534 valence electrons. The number of phosphoric acid groups is 2. The lowest BCUT2D eigenvalue weighted by molar-refractivity contribution is -0.161. The van der Waals surface area contributed by atoms with E-state index in [1.807, 2.05) is 0 Å². The molecular formula is C71H138O17P2. The summed E-state index contributed by atoms with van der Waals surface area (Å²) in [6, 6.07) is 0. The largest absolute Gasteiger partial charge is 0.472 e. The van der Waals surface area contributed by atoms with E-state index in [1.54, 1.807) is 0 Å². The molecule has 0 aromatic carbocycles. The highest BCUT2D eigenvalue weighted by molar-refractivity contribution is 7.47. The Balaban J connectivity index is 5.24. The smallest absolute Gasteiger partial charge is 0.462 e. The molecule has 0 rings (SSSR count). The molecule has 0 aromatic rings. The zero-order valence-electron chi connectivity index (χ0n) is 58.6. The first-order valence-corrected chi connectivity index (χ1v) is 39.9. The fourth-order valence-corrected chi connectivity index (χ4v) is 12.2. The number of carbonyl (C=O) groups is 4. The molecule has 0 aromatic heterocycles. The highest BCUT2D eigenvalue weighted by Gasteiger charge is 2.30. The van der Waals surface area contributed by atoms with Crippen molar-refractivity contribution in [1.29, 1.82) is 0 Å². The average molecular weight is 1330 g/mol. The molecular weight excluding hydrogens is 1190 g/mol. The summed E-state index contributed by atoms with van der Waals surface area (Å²) in [5, 5.41) is 10.6. The number of hydrogen-bond donors (Lipinski definition) is 3. The van der Waals surface area contributed by atoms with Gasteiger partial charge in [0.25, 0.3) is 0 Å². The van der Waals surface area contributed by atoms with Crippen LogP contribution in [-0.2, 0) is 65.4 Å². The van der Waals surface area contributed by atoms with Crippen LogP contribution < -0.4 is 0 Å². The number of phosphoric ester groups is 2. The zero-order chi connectivity index (χ0) is 66.6. The third-order valence-electron chi connectivity index (χ3n) is 17.1. The molecule has 90 heavy (non-hydrogen) atoms. The molecule has 19 heteroatoms. The second kappa shape index (κ2) is 61.9. The van der Waals surface area contributed by atoms with Crippen LogP contribution in [-0.4, -0.2) is 96.7 Å². The molecule has 0 aliphatic rings. The van der Waals surface area contributed by atoms with E-state index in [-0.39, 0.29) is 25.7 Å². The van der Waals surface area contributed by atoms with Crippen molar-refractivity contribution in [2.45, 2.75) is 375 Å². The summed E-state index contributed by atoms with van der Waals surface area (Å²) >= 11 is 0. The molecule has 3 N–H and O–H groups in total. The summed E-state index contributed by atoms with van der Waals surface area (Å²) < 4.78 is 68.3. The molecule has 0 saturated carbocycles. The van der Waals surface area contributed by atoms with Crippen molar-refractivity contribution in [2.24, 2.45) is 17.8 Å². The van der Waals surface area contributed by atoms with Crippen molar-refractivity contribution < 1.29 is 80.2 Å². The number of unbranched alkanes of at least 4 members (excludes halogenated alkanes) is 35. The molecule has 0 amide bonds. The SMILES string of the molecule is CCCCCCCCCCCCCCCCCCCC(=O)O[C@H](COC(=O)CCCCCCCCCCC(C)CC)COP(=O)(O)OC[C@@H](O)COP(=O)(O)OC[C@@H](COC(=O)CCCCCCCCC(C)C)OC(=O)CCCCCCCCCCC(C)CC. The topological polar surface area (TPSA) is 237 Å². The maximum Gasteiger partial charge on any atom is 0.472 e. The van der Waals surface area contributed by atoms with E-state index < -0.39 is 97.5 Å². The lowest BCUT2D eigenvalue weighted by Crippen LogP contribution is -2.30. The van der Waals surface area contributed by atoms with Gasteiger partial charge in [-0.3, -0.25) is 37.3 Å². The zero-order valence-corrected chi connectivity index (χ0v) is 60.4. The first kappa shape index (κ1) is 88.1. The van der Waals surface area contributed by atoms with Gasteiger partial charge in [-0.05, 0) is 43.4 Å². The molecule has 17 nitrogen and oxygen atoms in total. The van der Waals surface area contributed by atoms with E-state index in [0.29, 0.717) is 31.6 Å². The van der Waals surface area contributed by atoms with Crippen LogP contribution in [0.3, 0.4) is 0 Å². The van der Waals surface area contributed by atoms with Gasteiger partial charge < -0.3 is 33.8 Å². The Bertz CT molecular complexity index is 1770. The van der Waals surface area contributed by atoms with E-state index in [4.69, 9.17) is 37.0 Å². The predicted octanol–water partition coefficient (Wildman–Crippen LogP) is 20.2. The van der Waals surface area contributed by atoms with Crippen molar-refractivity contribution in [3.8, 4) is 0 Å². The number of hydrogen-bond acceptors (Lipinski definition) is 15. The summed E-state index contributed by atoms with van der Waals surface area (Å²) in [6.45, 7) is 11.8. The van der Waals surface area contributed by atoms with Gasteiger partial charge in [-0.15, -0.1) is 0 Å². The van der Waals surface area contributed by atoms with Crippen LogP contribution in [0.2, 0.25) is 0 Å². The Kier molecular flexibility index (Phi) is 60.6. The van der Waals surface area contributed by atoms with E-state index in [1.165, 1.54) is 161 Å². The minimum atomic E-state index is -4.95. The Morgan fingerprint density at radius 1 is 0.322 bits per heavy atom. The standard InChI is InChI=1S/C71H138O17P2/c1-8-11-12-13-14-15-16-17-18-19-20-21-22-23-31-40-47-54-70(75)87-66(58-81-68(73)52-45-38-30-26-24-28-36-43-50-63(6)9-2)60-85-89(77,78)83-56-65(72)57-84-90(79,80)86-61-67(59-82-69(74)53-46-39-34-33-35-42-49-62(4)5)88-71(76)55-48-41-32-27-25-29-37-44-51-64(7)10-3/h62-67,72H,8-61H2,1-7H3,(H,77,78)(H,79,80)/t63?,64?,65-,66-,67-/m1/s1. The van der Waals surface area contributed by atoms with Gasteiger partial charge in [0.1, 0.15) is 19.3 Å². The van der Waals surface area contributed by atoms with Crippen molar-refractivity contribution in [2.75, 3.05) is 39.6 Å². The summed E-state index contributed by atoms with van der Waals surface area (Å²) in [7, 11) is -9.90. The number of aliphatic hydroxyl groups is 1. The van der Waals surface area contributed by atoms with Crippen molar-refractivity contribution in [3.63, 3.8) is 0 Å². The molecule has 0 spiro atoms. The Labute approximate surface area is 549 Å². The van der Waals surface area contributed by atoms with Gasteiger partial charge in [0, 0.05) is 25.7 Å². The summed E-state index contributed by atoms with van der Waals surface area (Å²) in [5.41, 5.74) is 0. The second-order valence-electron chi connectivity index (χ2n) is 26.6. The van der Waals surface area contributed by atoms with Gasteiger partial charge in [0.15, 0.2) is 12.2 Å². The molecule has 0 saturated heterocycles. The van der Waals surface area contributed by atoms with Crippen LogP contribution >= 0.6 is 15.6 Å². The minimum Gasteiger partial charge on any atom is -0.462 e. The van der Waals surface area contributed by atoms with Gasteiger partial charge >= 0.3 is 39.5 Å². The predicted molar refractivity (Wildman–Crippen MR) is 363 cm³/mol. The van der Waals surface area contributed by atoms with Gasteiger partial charge in [0.2, 0.25) is 0 Å². The number of carbonyl (C=O) groups excluding carboxylic acids is 4. The highest BCUT2D eigenvalue weighted by atomic mass is 31.2. The third kappa shape index (κ3) is 62.2. The fourth-order valence-electron chi connectivity index (χ4n) is 10.7. The number of ether oxygens (including phenoxy) is 4. The molecule has 0 aliphatic carbocycles. The maximum atomic E-state index is 13.0. The molecule has 0 radical (unpaired) electrons. The first-order valence-electron chi connectivity index (χ1n) is 36.9. The number of rotatable bonds is 69. The molecule has 0 heterocycles. The van der Waals surface area contributed by atoms with Crippen LogP contribution in [0.1, 0.15) is 357 Å². The summed E-state index contributed by atoms with van der Waals surface area (Å²) in [4.78, 5) is 72.6. The van der Waals surface area contributed by atoms with Crippen LogP contribution in [0, 0.1) is 17.8 Å². The lowest BCUT2D eigenvalue weighted by Gasteiger charge is -2.21. The fraction of sp³-hybridized carbons (Fsp3) is 0.944. The molecule has 7 atom stereocenters. The van der Waals surface area contributed by atoms with Crippen LogP contribution in [0.15, 0.2) is 0 Å². The van der Waals surface area contributed by atoms with E-state index >= 15 is 0 Å². The van der Waals surface area contributed by atoms with Crippen LogP contribution in [0.25, 0.3) is 0 Å². The monoisotopic (exact) mass is 1320 g/mol. The summed E-state index contributed by atoms with van der Waals surface area (Å²) in [6.07, 6.45) is 45.9. The quantitative estimate of drug-likeness (QED) is 0.0222. The van der Waals surface area contributed by atoms with Gasteiger partial charge in [-0.2, -0.15) is 0 Å². The van der Waals surface area contributed by atoms with Gasteiger partial charge in [0.05, 0.1) is 26.4 Å². The van der Waals surface area contributed by atoms with Gasteiger partial charge in [-0.25, -0.2) is 9.13 Å². The lowest BCUT2D eigenvalue weighted by atomic mass is 9.99.